The molecule has 0 heterocycles. The Morgan fingerprint density at radius 3 is 2.38 bits per heavy atom. The zero-order chi connectivity index (χ0) is 12.5. The topological polar surface area (TPSA) is 35.2 Å². The van der Waals surface area contributed by atoms with E-state index in [-0.39, 0.29) is 5.54 Å². The van der Waals surface area contributed by atoms with Crippen LogP contribution in [-0.4, -0.2) is 12.6 Å². The highest BCUT2D eigenvalue weighted by molar-refractivity contribution is 9.10. The van der Waals surface area contributed by atoms with Crippen molar-refractivity contribution in [2.75, 3.05) is 7.11 Å². The average Bonchev–Trinajstić information content (AvgIpc) is 2.12. The molecule has 0 unspecified atom stereocenters. The van der Waals surface area contributed by atoms with Crippen molar-refractivity contribution in [3.63, 3.8) is 0 Å². The fraction of sp³-hybridized carbons (Fsp3) is 0.538. The Labute approximate surface area is 106 Å². The monoisotopic (exact) mass is 285 g/mol. The first-order valence-electron chi connectivity index (χ1n) is 5.37. The lowest BCUT2D eigenvalue weighted by molar-refractivity contribution is 0.399. The van der Waals surface area contributed by atoms with Crippen LogP contribution in [0.3, 0.4) is 0 Å². The van der Waals surface area contributed by atoms with Crippen LogP contribution >= 0.6 is 15.9 Å². The lowest BCUT2D eigenvalue weighted by atomic mass is 9.93. The molecule has 0 aliphatic rings. The number of hydrogen-bond donors (Lipinski definition) is 1. The van der Waals surface area contributed by atoms with Gasteiger partial charge in [-0.3, -0.25) is 0 Å². The lowest BCUT2D eigenvalue weighted by Crippen LogP contribution is -2.34. The predicted molar refractivity (Wildman–Crippen MR) is 72.1 cm³/mol. The van der Waals surface area contributed by atoms with E-state index < -0.39 is 0 Å². The number of rotatable bonds is 3. The summed E-state index contributed by atoms with van der Waals surface area (Å²) in [6, 6.07) is 2.14. The molecule has 0 radical (unpaired) electrons. The molecule has 0 saturated heterocycles. The number of halogens is 1. The van der Waals surface area contributed by atoms with Gasteiger partial charge in [0, 0.05) is 15.6 Å². The van der Waals surface area contributed by atoms with Crippen LogP contribution in [0.15, 0.2) is 10.5 Å². The van der Waals surface area contributed by atoms with Crippen molar-refractivity contribution in [2.24, 2.45) is 5.73 Å². The molecule has 0 atom stereocenters. The van der Waals surface area contributed by atoms with Crippen molar-refractivity contribution in [1.29, 1.82) is 0 Å². The molecule has 0 aromatic heterocycles. The standard InChI is InChI=1S/C13H20BrNO/c1-8-6-10(7-13(3,4)15)12(16-5)9(2)11(8)14/h6H,7,15H2,1-5H3. The Hall–Kier alpha value is -0.540. The summed E-state index contributed by atoms with van der Waals surface area (Å²) in [7, 11) is 1.71. The summed E-state index contributed by atoms with van der Waals surface area (Å²) in [6.07, 6.45) is 0.811. The van der Waals surface area contributed by atoms with Crippen molar-refractivity contribution in [1.82, 2.24) is 0 Å². The van der Waals surface area contributed by atoms with Gasteiger partial charge >= 0.3 is 0 Å². The first-order valence-corrected chi connectivity index (χ1v) is 6.17. The summed E-state index contributed by atoms with van der Waals surface area (Å²) in [4.78, 5) is 0. The van der Waals surface area contributed by atoms with Gasteiger partial charge in [0.25, 0.3) is 0 Å². The van der Waals surface area contributed by atoms with Crippen LogP contribution in [0.4, 0.5) is 0 Å². The zero-order valence-corrected chi connectivity index (χ0v) is 12.2. The molecule has 3 heteroatoms. The van der Waals surface area contributed by atoms with Gasteiger partial charge in [0.05, 0.1) is 7.11 Å². The Kier molecular flexibility index (Phi) is 4.02. The minimum atomic E-state index is -0.222. The van der Waals surface area contributed by atoms with E-state index in [9.17, 15) is 0 Å². The molecule has 1 aromatic carbocycles. The number of benzene rings is 1. The first kappa shape index (κ1) is 13.5. The van der Waals surface area contributed by atoms with E-state index in [1.807, 2.05) is 13.8 Å². The summed E-state index contributed by atoms with van der Waals surface area (Å²) in [5.74, 6) is 0.941. The van der Waals surface area contributed by atoms with E-state index in [4.69, 9.17) is 10.5 Å². The highest BCUT2D eigenvalue weighted by atomic mass is 79.9. The Morgan fingerprint density at radius 2 is 1.94 bits per heavy atom. The van der Waals surface area contributed by atoms with E-state index in [0.29, 0.717) is 0 Å². The van der Waals surface area contributed by atoms with Gasteiger partial charge in [-0.25, -0.2) is 0 Å². The summed E-state index contributed by atoms with van der Waals surface area (Å²) >= 11 is 3.57. The molecule has 0 spiro atoms. The molecule has 0 aliphatic carbocycles. The molecule has 1 aromatic rings. The van der Waals surface area contributed by atoms with Crippen molar-refractivity contribution in [3.05, 3.63) is 27.2 Å². The fourth-order valence-electron chi connectivity index (χ4n) is 1.93. The van der Waals surface area contributed by atoms with Crippen LogP contribution in [0, 0.1) is 13.8 Å². The fourth-order valence-corrected chi connectivity index (χ4v) is 2.23. The quantitative estimate of drug-likeness (QED) is 0.924. The molecule has 90 valence electrons. The molecule has 0 bridgehead atoms. The second-order valence-electron chi connectivity index (χ2n) is 4.99. The van der Waals surface area contributed by atoms with Gasteiger partial charge in [-0.2, -0.15) is 0 Å². The third-order valence-corrected chi connectivity index (χ3v) is 3.77. The van der Waals surface area contributed by atoms with Gasteiger partial charge in [-0.1, -0.05) is 22.0 Å². The predicted octanol–water partition coefficient (Wildman–Crippen LogP) is 3.35. The van der Waals surface area contributed by atoms with Gasteiger partial charge in [0.15, 0.2) is 0 Å². The lowest BCUT2D eigenvalue weighted by Gasteiger charge is -2.22. The molecule has 16 heavy (non-hydrogen) atoms. The molecule has 2 nitrogen and oxygen atoms in total. The Bertz CT molecular complexity index is 394. The molecule has 0 fully saturated rings. The number of hydrogen-bond acceptors (Lipinski definition) is 2. The van der Waals surface area contributed by atoms with Crippen LogP contribution in [-0.2, 0) is 6.42 Å². The molecular weight excluding hydrogens is 266 g/mol. The molecule has 0 aliphatic heterocycles. The Balaban J connectivity index is 3.28. The smallest absolute Gasteiger partial charge is 0.126 e. The third-order valence-electron chi connectivity index (χ3n) is 2.55. The summed E-state index contributed by atoms with van der Waals surface area (Å²) in [6.45, 7) is 8.20. The van der Waals surface area contributed by atoms with E-state index in [1.54, 1.807) is 7.11 Å². The normalized spacial score (nSPS) is 11.7. The largest absolute Gasteiger partial charge is 0.496 e. The average molecular weight is 286 g/mol. The molecule has 1 rings (SSSR count). The Morgan fingerprint density at radius 1 is 1.38 bits per heavy atom. The summed E-state index contributed by atoms with van der Waals surface area (Å²) < 4.78 is 6.59. The minimum absolute atomic E-state index is 0.222. The van der Waals surface area contributed by atoms with Gasteiger partial charge in [-0.05, 0) is 45.2 Å². The number of methoxy groups -OCH3 is 1. The number of ether oxygens (including phenoxy) is 1. The van der Waals surface area contributed by atoms with Crippen LogP contribution < -0.4 is 10.5 Å². The van der Waals surface area contributed by atoms with Crippen LogP contribution in [0.25, 0.3) is 0 Å². The second-order valence-corrected chi connectivity index (χ2v) is 5.78. The van der Waals surface area contributed by atoms with Gasteiger partial charge in [0.1, 0.15) is 5.75 Å². The third kappa shape index (κ3) is 2.98. The SMILES string of the molecule is COc1c(CC(C)(C)N)cc(C)c(Br)c1C. The second kappa shape index (κ2) is 4.76. The van der Waals surface area contributed by atoms with E-state index in [2.05, 4.69) is 35.8 Å². The molecule has 2 N–H and O–H groups in total. The summed E-state index contributed by atoms with van der Waals surface area (Å²) in [5, 5.41) is 0. The maximum Gasteiger partial charge on any atom is 0.126 e. The maximum absolute atomic E-state index is 6.06. The molecule has 0 saturated carbocycles. The number of aryl methyl sites for hydroxylation is 1. The molecular formula is C13H20BrNO. The van der Waals surface area contributed by atoms with E-state index in [0.717, 1.165) is 22.2 Å². The minimum Gasteiger partial charge on any atom is -0.496 e. The van der Waals surface area contributed by atoms with Gasteiger partial charge in [0.2, 0.25) is 0 Å². The van der Waals surface area contributed by atoms with Crippen molar-refractivity contribution < 1.29 is 4.74 Å². The van der Waals surface area contributed by atoms with Crippen molar-refractivity contribution in [3.8, 4) is 5.75 Å². The van der Waals surface area contributed by atoms with Crippen LogP contribution in [0.5, 0.6) is 5.75 Å². The first-order chi connectivity index (χ1) is 7.26. The highest BCUT2D eigenvalue weighted by Gasteiger charge is 2.18. The van der Waals surface area contributed by atoms with Crippen molar-refractivity contribution >= 4 is 15.9 Å². The number of nitrogens with two attached hydrogens (primary N) is 1. The van der Waals surface area contributed by atoms with E-state index in [1.165, 1.54) is 11.1 Å². The van der Waals surface area contributed by atoms with Gasteiger partial charge < -0.3 is 10.5 Å². The van der Waals surface area contributed by atoms with Gasteiger partial charge in [-0.15, -0.1) is 0 Å². The summed E-state index contributed by atoms with van der Waals surface area (Å²) in [5.41, 5.74) is 9.37. The highest BCUT2D eigenvalue weighted by Crippen LogP contribution is 2.34. The van der Waals surface area contributed by atoms with Crippen LogP contribution in [0.1, 0.15) is 30.5 Å². The van der Waals surface area contributed by atoms with Crippen LogP contribution in [0.2, 0.25) is 0 Å². The molecule has 0 amide bonds. The van der Waals surface area contributed by atoms with E-state index >= 15 is 0 Å². The van der Waals surface area contributed by atoms with Crippen molar-refractivity contribution in [2.45, 2.75) is 39.7 Å². The maximum atomic E-state index is 6.06. The zero-order valence-electron chi connectivity index (χ0n) is 10.6.